The lowest BCUT2D eigenvalue weighted by Gasteiger charge is -2.53. The van der Waals surface area contributed by atoms with Gasteiger partial charge in [-0.1, -0.05) is 30.3 Å². The molecule has 0 aromatic heterocycles. The molecule has 1 aromatic carbocycles. The summed E-state index contributed by atoms with van der Waals surface area (Å²) in [7, 11) is 0. The van der Waals surface area contributed by atoms with E-state index in [9.17, 15) is 4.79 Å². The molecule has 0 aliphatic carbocycles. The zero-order chi connectivity index (χ0) is 17.1. The zero-order valence-electron chi connectivity index (χ0n) is 14.7. The molecular weight excluding hydrogens is 318 g/mol. The van der Waals surface area contributed by atoms with E-state index in [0.29, 0.717) is 12.5 Å². The number of likely N-dealkylation sites (tertiary alicyclic amines) is 1. The van der Waals surface area contributed by atoms with E-state index in [2.05, 4.69) is 0 Å². The molecule has 1 amide bonds. The van der Waals surface area contributed by atoms with Crippen molar-refractivity contribution in [3.63, 3.8) is 0 Å². The number of rotatable bonds is 4. The van der Waals surface area contributed by atoms with Gasteiger partial charge in [0, 0.05) is 31.2 Å². The summed E-state index contributed by atoms with van der Waals surface area (Å²) in [6.07, 6.45) is 4.08. The quantitative estimate of drug-likeness (QED) is 0.841. The van der Waals surface area contributed by atoms with Gasteiger partial charge in [0.1, 0.15) is 6.61 Å². The first-order valence-corrected chi connectivity index (χ1v) is 9.42. The van der Waals surface area contributed by atoms with E-state index in [1.54, 1.807) is 0 Å². The molecule has 1 aromatic rings. The molecular formula is C20H27NO4. The molecule has 25 heavy (non-hydrogen) atoms. The first-order valence-electron chi connectivity index (χ1n) is 9.42. The molecule has 3 aliphatic rings. The van der Waals surface area contributed by atoms with E-state index in [1.807, 2.05) is 35.2 Å². The number of hydrogen-bond donors (Lipinski definition) is 0. The average Bonchev–Trinajstić information content (AvgIpc) is 3.11. The Labute approximate surface area is 149 Å². The standard InChI is InChI=1S/C20H27NO4/c22-19(25-13-16-5-2-1-3-6-16)21-10-4-7-18(21)20(14-24-15-20)17-8-11-23-12-9-17/h1-3,5-6,17-18H,4,7-15H2. The number of nitrogens with zero attached hydrogens (tertiary/aromatic N) is 1. The molecule has 3 fully saturated rings. The second kappa shape index (κ2) is 7.34. The predicted molar refractivity (Wildman–Crippen MR) is 93.2 cm³/mol. The van der Waals surface area contributed by atoms with Gasteiger partial charge in [-0.15, -0.1) is 0 Å². The topological polar surface area (TPSA) is 48.0 Å². The van der Waals surface area contributed by atoms with Crippen molar-refractivity contribution in [3.05, 3.63) is 35.9 Å². The van der Waals surface area contributed by atoms with E-state index in [1.165, 1.54) is 0 Å². The van der Waals surface area contributed by atoms with Crippen LogP contribution in [0.2, 0.25) is 0 Å². The third-order valence-corrected chi connectivity index (χ3v) is 6.13. The van der Waals surface area contributed by atoms with Crippen molar-refractivity contribution in [1.82, 2.24) is 4.90 Å². The van der Waals surface area contributed by atoms with Crippen molar-refractivity contribution in [3.8, 4) is 0 Å². The molecule has 3 saturated heterocycles. The van der Waals surface area contributed by atoms with Crippen molar-refractivity contribution in [2.45, 2.75) is 38.3 Å². The van der Waals surface area contributed by atoms with E-state index >= 15 is 0 Å². The maximum Gasteiger partial charge on any atom is 0.410 e. The molecule has 1 unspecified atom stereocenters. The molecule has 136 valence electrons. The van der Waals surface area contributed by atoms with Gasteiger partial charge >= 0.3 is 6.09 Å². The highest BCUT2D eigenvalue weighted by Gasteiger charge is 2.55. The first-order chi connectivity index (χ1) is 12.3. The molecule has 5 nitrogen and oxygen atoms in total. The largest absolute Gasteiger partial charge is 0.445 e. The van der Waals surface area contributed by atoms with Crippen LogP contribution in [-0.4, -0.2) is 50.0 Å². The lowest BCUT2D eigenvalue weighted by Crippen LogP contribution is -2.61. The fraction of sp³-hybridized carbons (Fsp3) is 0.650. The number of carbonyl (C=O) groups is 1. The summed E-state index contributed by atoms with van der Waals surface area (Å²) in [5.74, 6) is 0.586. The Morgan fingerprint density at radius 2 is 1.88 bits per heavy atom. The smallest absolute Gasteiger partial charge is 0.410 e. The van der Waals surface area contributed by atoms with Gasteiger partial charge < -0.3 is 19.1 Å². The second-order valence-corrected chi connectivity index (χ2v) is 7.50. The van der Waals surface area contributed by atoms with Gasteiger partial charge in [0.15, 0.2) is 0 Å². The Balaban J connectivity index is 1.43. The molecule has 5 heteroatoms. The number of benzene rings is 1. The summed E-state index contributed by atoms with van der Waals surface area (Å²) in [6.45, 7) is 4.33. The molecule has 0 saturated carbocycles. The number of carbonyl (C=O) groups excluding carboxylic acids is 1. The van der Waals surface area contributed by atoms with Gasteiger partial charge in [0.25, 0.3) is 0 Å². The summed E-state index contributed by atoms with van der Waals surface area (Å²) in [5, 5.41) is 0. The van der Waals surface area contributed by atoms with Crippen molar-refractivity contribution in [2.75, 3.05) is 33.0 Å². The maximum atomic E-state index is 12.7. The third-order valence-electron chi connectivity index (χ3n) is 6.13. The molecule has 3 heterocycles. The summed E-state index contributed by atoms with van der Waals surface area (Å²) in [6, 6.07) is 10.1. The fourth-order valence-corrected chi connectivity index (χ4v) is 4.70. The van der Waals surface area contributed by atoms with Crippen molar-refractivity contribution < 1.29 is 19.0 Å². The van der Waals surface area contributed by atoms with Crippen LogP contribution in [0.25, 0.3) is 0 Å². The van der Waals surface area contributed by atoms with Crippen LogP contribution in [0.3, 0.4) is 0 Å². The fourth-order valence-electron chi connectivity index (χ4n) is 4.70. The van der Waals surface area contributed by atoms with Gasteiger partial charge in [0.05, 0.1) is 13.2 Å². The minimum Gasteiger partial charge on any atom is -0.445 e. The summed E-state index contributed by atoms with van der Waals surface area (Å²) < 4.78 is 16.8. The van der Waals surface area contributed by atoms with Crippen LogP contribution in [0.4, 0.5) is 4.79 Å². The Morgan fingerprint density at radius 3 is 2.56 bits per heavy atom. The van der Waals surface area contributed by atoms with Crippen LogP contribution in [0.1, 0.15) is 31.2 Å². The third kappa shape index (κ3) is 3.27. The van der Waals surface area contributed by atoms with Crippen molar-refractivity contribution >= 4 is 6.09 Å². The zero-order valence-corrected chi connectivity index (χ0v) is 14.7. The Kier molecular flexibility index (Phi) is 4.95. The van der Waals surface area contributed by atoms with E-state index in [4.69, 9.17) is 14.2 Å². The summed E-state index contributed by atoms with van der Waals surface area (Å²) in [4.78, 5) is 14.7. The summed E-state index contributed by atoms with van der Waals surface area (Å²) in [5.41, 5.74) is 1.13. The molecule has 3 aliphatic heterocycles. The van der Waals surface area contributed by atoms with Gasteiger partial charge in [-0.05, 0) is 37.2 Å². The highest BCUT2D eigenvalue weighted by Crippen LogP contribution is 2.48. The summed E-state index contributed by atoms with van der Waals surface area (Å²) >= 11 is 0. The highest BCUT2D eigenvalue weighted by molar-refractivity contribution is 5.68. The van der Waals surface area contributed by atoms with Crippen LogP contribution < -0.4 is 0 Å². The number of amides is 1. The maximum absolute atomic E-state index is 12.7. The molecule has 0 spiro atoms. The monoisotopic (exact) mass is 345 g/mol. The normalized spacial score (nSPS) is 26.2. The van der Waals surface area contributed by atoms with Gasteiger partial charge in [0.2, 0.25) is 0 Å². The SMILES string of the molecule is O=C(OCc1ccccc1)N1CCCC1C1(C2CCOCC2)COC1. The van der Waals surface area contributed by atoms with Crippen LogP contribution in [0.5, 0.6) is 0 Å². The van der Waals surface area contributed by atoms with Crippen molar-refractivity contribution in [1.29, 1.82) is 0 Å². The Morgan fingerprint density at radius 1 is 1.12 bits per heavy atom. The van der Waals surface area contributed by atoms with Gasteiger partial charge in [-0.2, -0.15) is 0 Å². The lowest BCUT2D eigenvalue weighted by atomic mass is 9.64. The van der Waals surface area contributed by atoms with Gasteiger partial charge in [-0.25, -0.2) is 4.79 Å². The molecule has 4 rings (SSSR count). The second-order valence-electron chi connectivity index (χ2n) is 7.50. The first kappa shape index (κ1) is 16.9. The number of hydrogen-bond acceptors (Lipinski definition) is 4. The van der Waals surface area contributed by atoms with E-state index in [0.717, 1.165) is 64.2 Å². The number of ether oxygens (including phenoxy) is 3. The van der Waals surface area contributed by atoms with Crippen LogP contribution in [-0.2, 0) is 20.8 Å². The minimum absolute atomic E-state index is 0.103. The minimum atomic E-state index is -0.176. The van der Waals surface area contributed by atoms with E-state index < -0.39 is 0 Å². The highest BCUT2D eigenvalue weighted by atomic mass is 16.6. The van der Waals surface area contributed by atoms with Gasteiger partial charge in [-0.3, -0.25) is 0 Å². The Hall–Kier alpha value is -1.59. The van der Waals surface area contributed by atoms with Crippen LogP contribution in [0, 0.1) is 11.3 Å². The molecule has 0 bridgehead atoms. The Bertz CT molecular complexity index is 581. The van der Waals surface area contributed by atoms with Crippen molar-refractivity contribution in [2.24, 2.45) is 11.3 Å². The van der Waals surface area contributed by atoms with Crippen LogP contribution >= 0.6 is 0 Å². The van der Waals surface area contributed by atoms with Crippen LogP contribution in [0.15, 0.2) is 30.3 Å². The van der Waals surface area contributed by atoms with E-state index in [-0.39, 0.29) is 17.6 Å². The average molecular weight is 345 g/mol. The molecule has 0 N–H and O–H groups in total. The molecule has 0 radical (unpaired) electrons. The lowest BCUT2D eigenvalue weighted by molar-refractivity contribution is -0.190. The predicted octanol–water partition coefficient (Wildman–Crippen LogP) is 3.23. The molecule has 1 atom stereocenters.